The molecule has 1 aromatic heterocycles. The summed E-state index contributed by atoms with van der Waals surface area (Å²) in [6.45, 7) is 0. The summed E-state index contributed by atoms with van der Waals surface area (Å²) in [7, 11) is 0. The van der Waals surface area contributed by atoms with E-state index in [-0.39, 0.29) is 0 Å². The second kappa shape index (κ2) is 5.67. The molecule has 2 aromatic rings. The highest BCUT2D eigenvalue weighted by molar-refractivity contribution is 7.99. The number of thioether (sulfide) groups is 1. The van der Waals surface area contributed by atoms with E-state index in [1.165, 1.54) is 11.8 Å². The highest BCUT2D eigenvalue weighted by atomic mass is 35.5. The van der Waals surface area contributed by atoms with Crippen LogP contribution >= 0.6 is 23.4 Å². The maximum Gasteiger partial charge on any atom is 0.190 e. The van der Waals surface area contributed by atoms with Crippen LogP contribution in [0.3, 0.4) is 0 Å². The van der Waals surface area contributed by atoms with Crippen molar-refractivity contribution in [1.29, 1.82) is 5.26 Å². The minimum absolute atomic E-state index is 0.314. The summed E-state index contributed by atoms with van der Waals surface area (Å²) in [5.41, 5.74) is 1.75. The van der Waals surface area contributed by atoms with Crippen LogP contribution in [0.1, 0.15) is 0 Å². The number of halogens is 1. The van der Waals surface area contributed by atoms with Crippen LogP contribution in [0.25, 0.3) is 11.3 Å². The summed E-state index contributed by atoms with van der Waals surface area (Å²) >= 11 is 7.21. The lowest BCUT2D eigenvalue weighted by Crippen LogP contribution is -1.91. The monoisotopic (exact) mass is 261 g/mol. The fourth-order valence-corrected chi connectivity index (χ4v) is 2.07. The Hall–Kier alpha value is -1.57. The number of rotatable bonds is 3. The van der Waals surface area contributed by atoms with Gasteiger partial charge in [-0.25, -0.2) is 9.97 Å². The number of aromatic nitrogens is 2. The van der Waals surface area contributed by atoms with Crippen molar-refractivity contribution in [2.45, 2.75) is 5.16 Å². The Bertz CT molecular complexity index is 551. The molecule has 2 rings (SSSR count). The molecule has 3 nitrogen and oxygen atoms in total. The zero-order valence-electron chi connectivity index (χ0n) is 8.80. The molecule has 0 N–H and O–H groups in total. The molecule has 1 aromatic carbocycles. The minimum Gasteiger partial charge on any atom is -0.222 e. The molecule has 0 spiro atoms. The van der Waals surface area contributed by atoms with Gasteiger partial charge in [0.1, 0.15) is 5.15 Å². The minimum atomic E-state index is 0.314. The summed E-state index contributed by atoms with van der Waals surface area (Å²) in [6.07, 6.45) is 0. The van der Waals surface area contributed by atoms with Crippen LogP contribution in [0.4, 0.5) is 0 Å². The van der Waals surface area contributed by atoms with Gasteiger partial charge in [0.2, 0.25) is 0 Å². The van der Waals surface area contributed by atoms with Crippen LogP contribution in [0.5, 0.6) is 0 Å². The summed E-state index contributed by atoms with van der Waals surface area (Å²) in [6, 6.07) is 13.5. The number of nitriles is 1. The Morgan fingerprint density at radius 2 is 2.00 bits per heavy atom. The fourth-order valence-electron chi connectivity index (χ4n) is 1.31. The van der Waals surface area contributed by atoms with Crippen LogP contribution in [0.15, 0.2) is 41.6 Å². The SMILES string of the molecule is N#CCSc1nc(Cl)cc(-c2ccccc2)n1. The molecular formula is C12H8ClN3S. The molecule has 84 valence electrons. The first kappa shape index (κ1) is 11.9. The molecule has 0 bridgehead atoms. The quantitative estimate of drug-likeness (QED) is 0.483. The highest BCUT2D eigenvalue weighted by Gasteiger charge is 2.05. The van der Waals surface area contributed by atoms with E-state index >= 15 is 0 Å². The fraction of sp³-hybridized carbons (Fsp3) is 0.0833. The molecular weight excluding hydrogens is 254 g/mol. The van der Waals surface area contributed by atoms with Crippen molar-refractivity contribution in [2.75, 3.05) is 5.75 Å². The molecule has 0 saturated carbocycles. The Labute approximate surface area is 108 Å². The molecule has 0 amide bonds. The molecule has 5 heteroatoms. The Kier molecular flexibility index (Phi) is 3.97. The van der Waals surface area contributed by atoms with Crippen LogP contribution < -0.4 is 0 Å². The largest absolute Gasteiger partial charge is 0.222 e. The third kappa shape index (κ3) is 3.19. The first-order chi connectivity index (χ1) is 8.29. The van der Waals surface area contributed by atoms with Gasteiger partial charge in [-0.3, -0.25) is 0 Å². The normalized spacial score (nSPS) is 9.88. The number of hydrogen-bond acceptors (Lipinski definition) is 4. The van der Waals surface area contributed by atoms with E-state index in [1.807, 2.05) is 36.4 Å². The maximum atomic E-state index is 8.52. The van der Waals surface area contributed by atoms with Gasteiger partial charge in [0.05, 0.1) is 17.5 Å². The van der Waals surface area contributed by atoms with Gasteiger partial charge in [-0.05, 0) is 0 Å². The van der Waals surface area contributed by atoms with E-state index in [2.05, 4.69) is 9.97 Å². The molecule has 0 atom stereocenters. The summed E-state index contributed by atoms with van der Waals surface area (Å²) in [5.74, 6) is 0.314. The topological polar surface area (TPSA) is 49.6 Å². The van der Waals surface area contributed by atoms with Gasteiger partial charge in [-0.2, -0.15) is 5.26 Å². The zero-order valence-corrected chi connectivity index (χ0v) is 10.4. The highest BCUT2D eigenvalue weighted by Crippen LogP contribution is 2.23. The van der Waals surface area contributed by atoms with Crippen molar-refractivity contribution in [2.24, 2.45) is 0 Å². The van der Waals surface area contributed by atoms with Crippen LogP contribution in [-0.4, -0.2) is 15.7 Å². The van der Waals surface area contributed by atoms with Gasteiger partial charge in [0.15, 0.2) is 5.16 Å². The van der Waals surface area contributed by atoms with E-state index in [0.29, 0.717) is 16.1 Å². The molecule has 0 fully saturated rings. The molecule has 0 unspecified atom stereocenters. The zero-order chi connectivity index (χ0) is 12.1. The predicted molar refractivity (Wildman–Crippen MR) is 68.8 cm³/mol. The van der Waals surface area contributed by atoms with Gasteiger partial charge >= 0.3 is 0 Å². The van der Waals surface area contributed by atoms with Crippen molar-refractivity contribution < 1.29 is 0 Å². The first-order valence-corrected chi connectivity index (χ1v) is 6.25. The second-order valence-electron chi connectivity index (χ2n) is 3.17. The summed E-state index contributed by atoms with van der Waals surface area (Å²) in [4.78, 5) is 8.42. The van der Waals surface area contributed by atoms with Crippen molar-refractivity contribution in [3.05, 3.63) is 41.6 Å². The number of nitrogens with zero attached hydrogens (tertiary/aromatic N) is 3. The average Bonchev–Trinajstić information content (AvgIpc) is 2.37. The molecule has 0 aliphatic heterocycles. The number of hydrogen-bond donors (Lipinski definition) is 0. The molecule has 0 radical (unpaired) electrons. The van der Waals surface area contributed by atoms with Crippen molar-refractivity contribution in [1.82, 2.24) is 9.97 Å². The lowest BCUT2D eigenvalue weighted by Gasteiger charge is -2.03. The van der Waals surface area contributed by atoms with Crippen LogP contribution in [0, 0.1) is 11.3 Å². The van der Waals surface area contributed by atoms with E-state index in [9.17, 15) is 0 Å². The van der Waals surface area contributed by atoms with E-state index in [0.717, 1.165) is 11.3 Å². The van der Waals surface area contributed by atoms with Gasteiger partial charge in [-0.1, -0.05) is 53.7 Å². The molecule has 0 aliphatic carbocycles. The third-order valence-electron chi connectivity index (χ3n) is 2.01. The summed E-state index contributed by atoms with van der Waals surface area (Å²) in [5, 5.41) is 9.44. The Morgan fingerprint density at radius 3 is 2.71 bits per heavy atom. The lowest BCUT2D eigenvalue weighted by atomic mass is 10.1. The molecule has 0 saturated heterocycles. The number of benzene rings is 1. The van der Waals surface area contributed by atoms with Crippen molar-refractivity contribution >= 4 is 23.4 Å². The van der Waals surface area contributed by atoms with E-state index in [1.54, 1.807) is 6.07 Å². The smallest absolute Gasteiger partial charge is 0.190 e. The standard InChI is InChI=1S/C12H8ClN3S/c13-11-8-10(9-4-2-1-3-5-9)15-12(16-11)17-7-6-14/h1-5,8H,7H2. The van der Waals surface area contributed by atoms with Gasteiger partial charge in [0, 0.05) is 11.6 Å². The van der Waals surface area contributed by atoms with Gasteiger partial charge in [-0.15, -0.1) is 0 Å². The van der Waals surface area contributed by atoms with E-state index < -0.39 is 0 Å². The van der Waals surface area contributed by atoms with Gasteiger partial charge < -0.3 is 0 Å². The van der Waals surface area contributed by atoms with Crippen molar-refractivity contribution in [3.63, 3.8) is 0 Å². The van der Waals surface area contributed by atoms with Gasteiger partial charge in [0.25, 0.3) is 0 Å². The molecule has 0 aliphatic rings. The molecule has 1 heterocycles. The van der Waals surface area contributed by atoms with E-state index in [4.69, 9.17) is 16.9 Å². The average molecular weight is 262 g/mol. The van der Waals surface area contributed by atoms with Crippen LogP contribution in [-0.2, 0) is 0 Å². The Morgan fingerprint density at radius 1 is 1.24 bits per heavy atom. The maximum absolute atomic E-state index is 8.52. The Balaban J connectivity index is 2.36. The second-order valence-corrected chi connectivity index (χ2v) is 4.50. The van der Waals surface area contributed by atoms with Crippen molar-refractivity contribution in [3.8, 4) is 17.3 Å². The third-order valence-corrected chi connectivity index (χ3v) is 2.92. The first-order valence-electron chi connectivity index (χ1n) is 4.89. The lowest BCUT2D eigenvalue weighted by molar-refractivity contribution is 0.975. The predicted octanol–water partition coefficient (Wildman–Crippen LogP) is 3.41. The molecule has 17 heavy (non-hydrogen) atoms. The van der Waals surface area contributed by atoms with Crippen LogP contribution in [0.2, 0.25) is 5.15 Å². The summed E-state index contributed by atoms with van der Waals surface area (Å²) < 4.78 is 0.